The normalized spacial score (nSPS) is 11.6. The topological polar surface area (TPSA) is 89.5 Å². The largest absolute Gasteiger partial charge is 0.378 e. The number of ether oxygens (including phenoxy) is 7. The number of hydrogen-bond donors (Lipinski definition) is 1. The summed E-state index contributed by atoms with van der Waals surface area (Å²) < 4.78 is 39.5. The van der Waals surface area contributed by atoms with Gasteiger partial charge in [-0.2, -0.15) is 0 Å². The van der Waals surface area contributed by atoms with E-state index in [-0.39, 0.29) is 0 Å². The van der Waals surface area contributed by atoms with Crippen LogP contribution < -0.4 is 5.32 Å². The second-order valence-corrected chi connectivity index (χ2v) is 14.1. The second-order valence-electron chi connectivity index (χ2n) is 11.6. The minimum Gasteiger partial charge on any atom is -0.378 e. The second kappa shape index (κ2) is 26.9. The highest BCUT2D eigenvalue weighted by Gasteiger charge is 2.35. The Bertz CT molecular complexity index is 1380. The molecule has 0 atom stereocenters. The molecule has 4 aromatic rings. The maximum atomic E-state index is 5.93. The molecule has 0 spiro atoms. The van der Waals surface area contributed by atoms with Crippen LogP contribution in [0.15, 0.2) is 114 Å². The standard InChI is InChI=1S/C41H54N2O7S2/c1-36-15-17-39(18-16-36)41(37-10-4-2-5-11-37,38-12-6-3-7-13-38)43-20-21-44-22-23-45-24-25-46-26-27-47-28-29-48-30-31-49-32-33-50-34-35-51-52-40-14-8-9-19-42-40/h2-19,43H,20-35H2,1H3. The van der Waals surface area contributed by atoms with Crippen molar-refractivity contribution in [1.82, 2.24) is 10.3 Å². The molecule has 1 heterocycles. The Labute approximate surface area is 317 Å². The van der Waals surface area contributed by atoms with Gasteiger partial charge in [-0.25, -0.2) is 4.98 Å². The SMILES string of the molecule is Cc1ccc(C(NCCOCCOCCOCCOCCOCCOCCOCCSSc2ccccn2)(c2ccccc2)c2ccccc2)cc1. The Balaban J connectivity index is 0.938. The molecule has 0 saturated carbocycles. The summed E-state index contributed by atoms with van der Waals surface area (Å²) in [7, 11) is 3.40. The maximum Gasteiger partial charge on any atom is 0.106 e. The first-order valence-corrected chi connectivity index (χ1v) is 20.3. The van der Waals surface area contributed by atoms with E-state index >= 15 is 0 Å². The number of hydrogen-bond acceptors (Lipinski definition) is 11. The molecule has 9 nitrogen and oxygen atoms in total. The third-order valence-corrected chi connectivity index (χ3v) is 10.1. The third kappa shape index (κ3) is 16.1. The van der Waals surface area contributed by atoms with Crippen molar-refractivity contribution in [2.45, 2.75) is 17.5 Å². The van der Waals surface area contributed by atoms with E-state index < -0.39 is 5.54 Å². The first-order chi connectivity index (χ1) is 25.8. The lowest BCUT2D eigenvalue weighted by molar-refractivity contribution is -0.0200. The summed E-state index contributed by atoms with van der Waals surface area (Å²) in [5.74, 6) is 0.903. The van der Waals surface area contributed by atoms with Crippen molar-refractivity contribution >= 4 is 21.6 Å². The summed E-state index contributed by atoms with van der Waals surface area (Å²) in [5, 5.41) is 4.87. The van der Waals surface area contributed by atoms with E-state index in [0.29, 0.717) is 99.0 Å². The molecule has 3 aromatic carbocycles. The smallest absolute Gasteiger partial charge is 0.106 e. The van der Waals surface area contributed by atoms with Crippen molar-refractivity contribution in [3.8, 4) is 0 Å². The summed E-state index contributed by atoms with van der Waals surface area (Å²) in [6, 6.07) is 35.9. The lowest BCUT2D eigenvalue weighted by atomic mass is 9.77. The average Bonchev–Trinajstić information content (AvgIpc) is 3.19. The van der Waals surface area contributed by atoms with Crippen LogP contribution in [-0.2, 0) is 38.7 Å². The van der Waals surface area contributed by atoms with E-state index in [4.69, 9.17) is 33.2 Å². The monoisotopic (exact) mass is 750 g/mol. The minimum absolute atomic E-state index is 0.504. The highest BCUT2D eigenvalue weighted by molar-refractivity contribution is 8.76. The fraction of sp³-hybridized carbons (Fsp3) is 0.439. The van der Waals surface area contributed by atoms with Crippen molar-refractivity contribution in [2.75, 3.05) is 105 Å². The molecule has 0 saturated heterocycles. The van der Waals surface area contributed by atoms with Crippen molar-refractivity contribution in [2.24, 2.45) is 0 Å². The Kier molecular flexibility index (Phi) is 21.7. The van der Waals surface area contributed by atoms with E-state index in [1.54, 1.807) is 27.8 Å². The molecular weight excluding hydrogens is 697 g/mol. The Morgan fingerprint density at radius 1 is 0.481 bits per heavy atom. The van der Waals surface area contributed by atoms with Gasteiger partial charge in [-0.05, 0) is 46.5 Å². The van der Waals surface area contributed by atoms with Gasteiger partial charge in [-0.15, -0.1) is 0 Å². The van der Waals surface area contributed by atoms with Crippen LogP contribution in [0, 0.1) is 6.92 Å². The molecule has 0 amide bonds. The predicted molar refractivity (Wildman–Crippen MR) is 210 cm³/mol. The Morgan fingerprint density at radius 3 is 1.37 bits per heavy atom. The van der Waals surface area contributed by atoms with Crippen molar-refractivity contribution in [1.29, 1.82) is 0 Å². The number of benzene rings is 3. The molecule has 1 aromatic heterocycles. The summed E-state index contributed by atoms with van der Waals surface area (Å²) in [6.07, 6.45) is 1.80. The van der Waals surface area contributed by atoms with Gasteiger partial charge in [0.15, 0.2) is 0 Å². The molecule has 0 radical (unpaired) electrons. The fourth-order valence-electron chi connectivity index (χ4n) is 5.31. The Morgan fingerprint density at radius 2 is 0.904 bits per heavy atom. The van der Waals surface area contributed by atoms with Crippen molar-refractivity contribution in [3.05, 3.63) is 132 Å². The third-order valence-electron chi connectivity index (χ3n) is 7.86. The molecule has 52 heavy (non-hydrogen) atoms. The summed E-state index contributed by atoms with van der Waals surface area (Å²) in [6.45, 7) is 10.4. The number of rotatable bonds is 30. The predicted octanol–water partition coefficient (Wildman–Crippen LogP) is 6.83. The van der Waals surface area contributed by atoms with Gasteiger partial charge in [0.1, 0.15) is 5.03 Å². The first-order valence-electron chi connectivity index (χ1n) is 18.0. The lowest BCUT2D eigenvalue weighted by Crippen LogP contribution is -2.46. The molecule has 0 fully saturated rings. The van der Waals surface area contributed by atoms with E-state index in [2.05, 4.69) is 102 Å². The molecule has 0 aliphatic rings. The summed E-state index contributed by atoms with van der Waals surface area (Å²) >= 11 is 0. The number of aromatic nitrogens is 1. The van der Waals surface area contributed by atoms with Crippen LogP contribution >= 0.6 is 21.6 Å². The Hall–Kier alpha value is -2.81. The summed E-state index contributed by atoms with van der Waals surface area (Å²) in [4.78, 5) is 4.28. The van der Waals surface area contributed by atoms with Crippen LogP contribution in [-0.4, -0.2) is 110 Å². The van der Waals surface area contributed by atoms with Crippen molar-refractivity contribution in [3.63, 3.8) is 0 Å². The zero-order valence-electron chi connectivity index (χ0n) is 30.3. The lowest BCUT2D eigenvalue weighted by Gasteiger charge is -2.37. The molecule has 282 valence electrons. The van der Waals surface area contributed by atoms with Gasteiger partial charge in [0.25, 0.3) is 0 Å². The molecule has 0 bridgehead atoms. The summed E-state index contributed by atoms with van der Waals surface area (Å²) in [5.41, 5.74) is 4.29. The molecule has 4 rings (SSSR count). The van der Waals surface area contributed by atoms with Crippen LogP contribution in [0.3, 0.4) is 0 Å². The zero-order chi connectivity index (χ0) is 36.2. The quantitative estimate of drug-likeness (QED) is 0.0346. The van der Waals surface area contributed by atoms with Gasteiger partial charge in [0.2, 0.25) is 0 Å². The molecule has 0 aliphatic carbocycles. The van der Waals surface area contributed by atoms with Gasteiger partial charge >= 0.3 is 0 Å². The molecule has 0 aliphatic heterocycles. The number of pyridine rings is 1. The van der Waals surface area contributed by atoms with E-state index in [1.807, 2.05) is 18.2 Å². The number of nitrogens with zero attached hydrogens (tertiary/aromatic N) is 1. The van der Waals surface area contributed by atoms with Gasteiger partial charge in [0, 0.05) is 18.5 Å². The average molecular weight is 751 g/mol. The maximum absolute atomic E-state index is 5.93. The van der Waals surface area contributed by atoms with Crippen molar-refractivity contribution < 1.29 is 33.2 Å². The van der Waals surface area contributed by atoms with E-state index in [0.717, 1.165) is 10.8 Å². The van der Waals surface area contributed by atoms with E-state index in [1.165, 1.54) is 22.3 Å². The first kappa shape index (κ1) is 41.9. The van der Waals surface area contributed by atoms with Gasteiger partial charge in [0.05, 0.1) is 98.0 Å². The zero-order valence-corrected chi connectivity index (χ0v) is 32.0. The van der Waals surface area contributed by atoms with Crippen LogP contribution in [0.25, 0.3) is 0 Å². The number of nitrogens with one attached hydrogen (secondary N) is 1. The molecule has 0 unspecified atom stereocenters. The minimum atomic E-state index is -0.504. The van der Waals surface area contributed by atoms with Crippen LogP contribution in [0.1, 0.15) is 22.3 Å². The highest BCUT2D eigenvalue weighted by atomic mass is 33.1. The van der Waals surface area contributed by atoms with Crippen LogP contribution in [0.4, 0.5) is 0 Å². The van der Waals surface area contributed by atoms with E-state index in [9.17, 15) is 0 Å². The van der Waals surface area contributed by atoms with Crippen LogP contribution in [0.2, 0.25) is 0 Å². The molecule has 11 heteroatoms. The van der Waals surface area contributed by atoms with Gasteiger partial charge < -0.3 is 33.2 Å². The highest BCUT2D eigenvalue weighted by Crippen LogP contribution is 2.36. The number of aryl methyl sites for hydroxylation is 1. The fourth-order valence-corrected chi connectivity index (χ4v) is 7.05. The molecule has 1 N–H and O–H groups in total. The van der Waals surface area contributed by atoms with Gasteiger partial charge in [-0.3, -0.25) is 5.32 Å². The van der Waals surface area contributed by atoms with Gasteiger partial charge in [-0.1, -0.05) is 107 Å². The van der Waals surface area contributed by atoms with Crippen LogP contribution in [0.5, 0.6) is 0 Å². The molecular formula is C41H54N2O7S2.